The first-order valence-electron chi connectivity index (χ1n) is 5.29. The van der Waals surface area contributed by atoms with E-state index in [4.69, 9.17) is 0 Å². The summed E-state index contributed by atoms with van der Waals surface area (Å²) < 4.78 is 0. The molecule has 1 saturated carbocycles. The molecular formula is C9H16N4O. The van der Waals surface area contributed by atoms with Crippen LogP contribution in [0.1, 0.15) is 50.3 Å². The van der Waals surface area contributed by atoms with E-state index in [1.807, 2.05) is 0 Å². The molecule has 1 aromatic rings. The number of rotatable bonds is 1. The highest BCUT2D eigenvalue weighted by Crippen LogP contribution is 2.28. The maximum absolute atomic E-state index is 9.92. The van der Waals surface area contributed by atoms with Crippen LogP contribution in [0.4, 0.5) is 0 Å². The van der Waals surface area contributed by atoms with Crippen LogP contribution in [-0.4, -0.2) is 31.8 Å². The van der Waals surface area contributed by atoms with Crippen LogP contribution in [-0.2, 0) is 0 Å². The molecule has 0 radical (unpaired) electrons. The average Bonchev–Trinajstić information content (AvgIpc) is 2.65. The molecule has 0 bridgehead atoms. The van der Waals surface area contributed by atoms with Crippen molar-refractivity contribution in [3.8, 4) is 0 Å². The Bertz CT molecular complexity index is 262. The van der Waals surface area contributed by atoms with Gasteiger partial charge in [0.15, 0.2) is 5.82 Å². The van der Waals surface area contributed by atoms with Crippen LogP contribution in [0.5, 0.6) is 0 Å². The van der Waals surface area contributed by atoms with Gasteiger partial charge in [0.25, 0.3) is 0 Å². The highest BCUT2D eigenvalue weighted by molar-refractivity contribution is 4.95. The van der Waals surface area contributed by atoms with Gasteiger partial charge in [-0.25, -0.2) is 0 Å². The Kier molecular flexibility index (Phi) is 3.08. The predicted octanol–water partition coefficient (Wildman–Crippen LogP) is 0.998. The summed E-state index contributed by atoms with van der Waals surface area (Å²) in [6.07, 6.45) is 6.27. The van der Waals surface area contributed by atoms with Gasteiger partial charge in [0.05, 0.1) is 6.10 Å². The van der Waals surface area contributed by atoms with Gasteiger partial charge < -0.3 is 5.11 Å². The van der Waals surface area contributed by atoms with Crippen molar-refractivity contribution in [3.05, 3.63) is 5.82 Å². The molecule has 0 saturated heterocycles. The quantitative estimate of drug-likeness (QED) is 0.702. The number of aromatic amines is 1. The number of aromatic nitrogens is 4. The number of aliphatic hydroxyl groups is 1. The summed E-state index contributed by atoms with van der Waals surface area (Å²) >= 11 is 0. The lowest BCUT2D eigenvalue weighted by atomic mass is 9.88. The summed E-state index contributed by atoms with van der Waals surface area (Å²) in [6, 6.07) is 0. The van der Waals surface area contributed by atoms with Crippen molar-refractivity contribution in [2.24, 2.45) is 0 Å². The van der Waals surface area contributed by atoms with Crippen LogP contribution in [0.25, 0.3) is 0 Å². The number of nitrogens with one attached hydrogen (secondary N) is 1. The Hall–Kier alpha value is -0.970. The summed E-state index contributed by atoms with van der Waals surface area (Å²) in [5, 5.41) is 23.8. The van der Waals surface area contributed by atoms with Crippen molar-refractivity contribution in [2.75, 3.05) is 0 Å². The third-order valence-electron chi connectivity index (χ3n) is 2.92. The van der Waals surface area contributed by atoms with E-state index in [9.17, 15) is 5.11 Å². The minimum absolute atomic E-state index is 0.0778. The van der Waals surface area contributed by atoms with E-state index in [2.05, 4.69) is 20.6 Å². The smallest absolute Gasteiger partial charge is 0.180 e. The maximum atomic E-state index is 9.92. The summed E-state index contributed by atoms with van der Waals surface area (Å²) in [6.45, 7) is 0. The molecule has 5 nitrogen and oxygen atoms in total. The monoisotopic (exact) mass is 196 g/mol. The Morgan fingerprint density at radius 3 is 2.64 bits per heavy atom. The molecule has 14 heavy (non-hydrogen) atoms. The standard InChI is InChI=1S/C9H16N4O/c14-8-6-4-2-1-3-5-7(8)9-10-12-13-11-9/h7-8,14H,1-6H2,(H,10,11,12,13). The number of nitrogens with zero attached hydrogens (tertiary/aromatic N) is 3. The van der Waals surface area contributed by atoms with Gasteiger partial charge in [0.1, 0.15) is 0 Å². The first-order valence-corrected chi connectivity index (χ1v) is 5.29. The van der Waals surface area contributed by atoms with Crippen LogP contribution < -0.4 is 0 Å². The molecule has 2 atom stereocenters. The van der Waals surface area contributed by atoms with Crippen LogP contribution in [0.15, 0.2) is 0 Å². The van der Waals surface area contributed by atoms with Gasteiger partial charge >= 0.3 is 0 Å². The molecule has 5 heteroatoms. The van der Waals surface area contributed by atoms with Crippen LogP contribution >= 0.6 is 0 Å². The highest BCUT2D eigenvalue weighted by Gasteiger charge is 2.25. The molecule has 1 heterocycles. The molecule has 1 aliphatic carbocycles. The van der Waals surface area contributed by atoms with E-state index in [1.54, 1.807) is 0 Å². The van der Waals surface area contributed by atoms with Crippen molar-refractivity contribution < 1.29 is 5.11 Å². The molecule has 78 valence electrons. The largest absolute Gasteiger partial charge is 0.392 e. The number of H-pyrrole nitrogens is 1. The molecule has 2 N–H and O–H groups in total. The summed E-state index contributed by atoms with van der Waals surface area (Å²) in [7, 11) is 0. The lowest BCUT2D eigenvalue weighted by Gasteiger charge is -2.22. The normalized spacial score (nSPS) is 29.5. The minimum Gasteiger partial charge on any atom is -0.392 e. The van der Waals surface area contributed by atoms with E-state index >= 15 is 0 Å². The molecule has 2 unspecified atom stereocenters. The molecule has 1 aliphatic rings. The second-order valence-corrected chi connectivity index (χ2v) is 3.94. The van der Waals surface area contributed by atoms with Crippen LogP contribution in [0, 0.1) is 0 Å². The van der Waals surface area contributed by atoms with Gasteiger partial charge in [0.2, 0.25) is 0 Å². The Morgan fingerprint density at radius 1 is 1.14 bits per heavy atom. The van der Waals surface area contributed by atoms with Gasteiger partial charge in [-0.15, -0.1) is 10.2 Å². The SMILES string of the molecule is OC1CCCCCCC1c1nn[nH]n1. The van der Waals surface area contributed by atoms with Crippen LogP contribution in [0.3, 0.4) is 0 Å². The first-order chi connectivity index (χ1) is 6.88. The van der Waals surface area contributed by atoms with E-state index in [0.29, 0.717) is 5.82 Å². The van der Waals surface area contributed by atoms with E-state index in [1.165, 1.54) is 12.8 Å². The van der Waals surface area contributed by atoms with Crippen molar-refractivity contribution in [2.45, 2.75) is 50.5 Å². The summed E-state index contributed by atoms with van der Waals surface area (Å²) in [4.78, 5) is 0. The molecule has 1 aromatic heterocycles. The van der Waals surface area contributed by atoms with Crippen LogP contribution in [0.2, 0.25) is 0 Å². The van der Waals surface area contributed by atoms with Gasteiger partial charge in [-0.2, -0.15) is 5.21 Å². The average molecular weight is 196 g/mol. The van der Waals surface area contributed by atoms with Gasteiger partial charge in [-0.1, -0.05) is 30.9 Å². The molecule has 0 aromatic carbocycles. The first kappa shape index (κ1) is 9.58. The van der Waals surface area contributed by atoms with Gasteiger partial charge in [-0.05, 0) is 12.8 Å². The molecule has 2 rings (SSSR count). The molecule has 0 amide bonds. The molecule has 0 aliphatic heterocycles. The fourth-order valence-corrected chi connectivity index (χ4v) is 2.09. The van der Waals surface area contributed by atoms with Gasteiger partial charge in [-0.3, -0.25) is 0 Å². The molecule has 1 fully saturated rings. The Balaban J connectivity index is 2.06. The van der Waals surface area contributed by atoms with E-state index < -0.39 is 0 Å². The zero-order valence-electron chi connectivity index (χ0n) is 8.19. The number of hydrogen-bond donors (Lipinski definition) is 2. The van der Waals surface area contributed by atoms with Crippen molar-refractivity contribution in [3.63, 3.8) is 0 Å². The maximum Gasteiger partial charge on any atom is 0.180 e. The van der Waals surface area contributed by atoms with E-state index in [-0.39, 0.29) is 12.0 Å². The third-order valence-corrected chi connectivity index (χ3v) is 2.92. The number of hydrogen-bond acceptors (Lipinski definition) is 4. The topological polar surface area (TPSA) is 74.7 Å². The second-order valence-electron chi connectivity index (χ2n) is 3.94. The fourth-order valence-electron chi connectivity index (χ4n) is 2.09. The summed E-state index contributed by atoms with van der Waals surface area (Å²) in [5.41, 5.74) is 0. The Labute approximate surface area is 82.9 Å². The zero-order chi connectivity index (χ0) is 9.80. The lowest BCUT2D eigenvalue weighted by molar-refractivity contribution is 0.115. The van der Waals surface area contributed by atoms with Gasteiger partial charge in [0, 0.05) is 5.92 Å². The summed E-state index contributed by atoms with van der Waals surface area (Å²) in [5.74, 6) is 0.744. The highest BCUT2D eigenvalue weighted by atomic mass is 16.3. The Morgan fingerprint density at radius 2 is 1.93 bits per heavy atom. The molecular weight excluding hydrogens is 180 g/mol. The van der Waals surface area contributed by atoms with E-state index in [0.717, 1.165) is 25.7 Å². The minimum atomic E-state index is -0.298. The third kappa shape index (κ3) is 2.09. The van der Waals surface area contributed by atoms with Crippen molar-refractivity contribution in [1.29, 1.82) is 0 Å². The zero-order valence-corrected chi connectivity index (χ0v) is 8.19. The molecule has 0 spiro atoms. The van der Waals surface area contributed by atoms with Crippen molar-refractivity contribution in [1.82, 2.24) is 20.6 Å². The fraction of sp³-hybridized carbons (Fsp3) is 0.889. The number of tetrazole rings is 1. The predicted molar refractivity (Wildman–Crippen MR) is 50.6 cm³/mol. The van der Waals surface area contributed by atoms with Crippen molar-refractivity contribution >= 4 is 0 Å². The lowest BCUT2D eigenvalue weighted by Crippen LogP contribution is -2.21. The second kappa shape index (κ2) is 4.50. The number of aliphatic hydroxyl groups excluding tert-OH is 1.